The Bertz CT molecular complexity index is 868. The van der Waals surface area contributed by atoms with Crippen LogP contribution in [0.25, 0.3) is 6.08 Å². The molecule has 134 valence electrons. The second-order valence-electron chi connectivity index (χ2n) is 5.35. The number of ether oxygens (including phenoxy) is 1. The maximum atomic E-state index is 12.8. The average Bonchev–Trinajstić information content (AvgIpc) is 2.97. The van der Waals surface area contributed by atoms with Crippen molar-refractivity contribution in [2.75, 3.05) is 25.2 Å². The van der Waals surface area contributed by atoms with Crippen LogP contribution in [0.3, 0.4) is 0 Å². The van der Waals surface area contributed by atoms with Gasteiger partial charge in [-0.15, -0.1) is 0 Å². The third-order valence-corrected chi connectivity index (χ3v) is 4.97. The molecule has 1 amide bonds. The molecule has 0 radical (unpaired) electrons. The van der Waals surface area contributed by atoms with Crippen molar-refractivity contribution in [2.45, 2.75) is 0 Å². The number of anilines is 1. The summed E-state index contributed by atoms with van der Waals surface area (Å²) in [6.07, 6.45) is 1.78. The van der Waals surface area contributed by atoms with Crippen LogP contribution in [-0.4, -0.2) is 36.4 Å². The van der Waals surface area contributed by atoms with Gasteiger partial charge in [0.15, 0.2) is 5.17 Å². The molecular weight excluding hydrogens is 372 g/mol. The largest absolute Gasteiger partial charge is 0.490 e. The number of thioether (sulfide) groups is 1. The van der Waals surface area contributed by atoms with E-state index < -0.39 is 0 Å². The number of hydrogen-bond acceptors (Lipinski definition) is 5. The molecule has 0 saturated carbocycles. The highest BCUT2D eigenvalue weighted by Crippen LogP contribution is 2.36. The normalized spacial score (nSPS) is 17.3. The number of para-hydroxylation sites is 1. The van der Waals surface area contributed by atoms with Crippen molar-refractivity contribution in [2.24, 2.45) is 4.99 Å². The van der Waals surface area contributed by atoms with Gasteiger partial charge in [0.2, 0.25) is 0 Å². The number of benzene rings is 2. The Morgan fingerprint density at radius 2 is 2.04 bits per heavy atom. The van der Waals surface area contributed by atoms with Gasteiger partial charge < -0.3 is 9.84 Å². The molecule has 1 N–H and O–H groups in total. The van der Waals surface area contributed by atoms with E-state index in [0.29, 0.717) is 20.8 Å². The lowest BCUT2D eigenvalue weighted by atomic mass is 10.2. The zero-order chi connectivity index (χ0) is 18.5. The van der Waals surface area contributed by atoms with Gasteiger partial charge in [0, 0.05) is 7.05 Å². The molecule has 1 heterocycles. The summed E-state index contributed by atoms with van der Waals surface area (Å²) in [7, 11) is 1.67. The molecule has 26 heavy (non-hydrogen) atoms. The topological polar surface area (TPSA) is 62.1 Å². The Morgan fingerprint density at radius 3 is 2.69 bits per heavy atom. The number of amides is 1. The molecule has 1 fully saturated rings. The smallest absolute Gasteiger partial charge is 0.271 e. The van der Waals surface area contributed by atoms with Gasteiger partial charge in [-0.3, -0.25) is 14.7 Å². The van der Waals surface area contributed by atoms with E-state index in [1.165, 1.54) is 11.8 Å². The van der Waals surface area contributed by atoms with E-state index in [-0.39, 0.29) is 19.1 Å². The zero-order valence-corrected chi connectivity index (χ0v) is 15.6. The molecule has 0 spiro atoms. The Kier molecular flexibility index (Phi) is 5.98. The summed E-state index contributed by atoms with van der Waals surface area (Å²) in [6.45, 7) is 0.0958. The number of aliphatic hydroxyl groups excluding tert-OH is 1. The van der Waals surface area contributed by atoms with E-state index in [1.807, 2.05) is 36.4 Å². The molecule has 1 aliphatic heterocycles. The SMILES string of the molecule is CN=C1S/C(=C\c2ccc(OCCO)c(Cl)c2)C(=O)N1c1ccccc1. The van der Waals surface area contributed by atoms with Gasteiger partial charge >= 0.3 is 0 Å². The number of amidine groups is 1. The number of rotatable bonds is 5. The summed E-state index contributed by atoms with van der Waals surface area (Å²) >= 11 is 7.53. The zero-order valence-electron chi connectivity index (χ0n) is 14.1. The highest BCUT2D eigenvalue weighted by Gasteiger charge is 2.34. The van der Waals surface area contributed by atoms with Crippen molar-refractivity contribution < 1.29 is 14.6 Å². The number of carbonyl (C=O) groups is 1. The van der Waals surface area contributed by atoms with Gasteiger partial charge in [-0.05, 0) is 47.7 Å². The van der Waals surface area contributed by atoms with Gasteiger partial charge in [-0.1, -0.05) is 35.9 Å². The molecule has 0 bridgehead atoms. The molecule has 1 aliphatic rings. The van der Waals surface area contributed by atoms with E-state index in [4.69, 9.17) is 21.4 Å². The molecule has 1 saturated heterocycles. The number of halogens is 1. The fourth-order valence-electron chi connectivity index (χ4n) is 2.46. The van der Waals surface area contributed by atoms with Crippen LogP contribution in [0, 0.1) is 0 Å². The van der Waals surface area contributed by atoms with E-state index in [9.17, 15) is 4.79 Å². The first-order chi connectivity index (χ1) is 12.6. The van der Waals surface area contributed by atoms with Gasteiger partial charge in [0.1, 0.15) is 12.4 Å². The van der Waals surface area contributed by atoms with Crippen molar-refractivity contribution in [3.8, 4) is 5.75 Å². The minimum Gasteiger partial charge on any atom is -0.490 e. The maximum Gasteiger partial charge on any atom is 0.271 e. The second kappa shape index (κ2) is 8.40. The minimum atomic E-state index is -0.126. The number of aliphatic hydroxyl groups is 1. The molecule has 2 aromatic carbocycles. The second-order valence-corrected chi connectivity index (χ2v) is 6.77. The number of hydrogen-bond donors (Lipinski definition) is 1. The van der Waals surface area contributed by atoms with Crippen molar-refractivity contribution in [3.05, 3.63) is 64.0 Å². The molecule has 2 aromatic rings. The van der Waals surface area contributed by atoms with Gasteiger partial charge in [0.05, 0.1) is 22.2 Å². The first kappa shape index (κ1) is 18.5. The van der Waals surface area contributed by atoms with Crippen molar-refractivity contribution >= 4 is 46.2 Å². The molecule has 0 unspecified atom stereocenters. The van der Waals surface area contributed by atoms with Crippen LogP contribution in [-0.2, 0) is 4.79 Å². The van der Waals surface area contributed by atoms with Crippen LogP contribution >= 0.6 is 23.4 Å². The first-order valence-corrected chi connectivity index (χ1v) is 9.12. The van der Waals surface area contributed by atoms with Gasteiger partial charge in [0.25, 0.3) is 5.91 Å². The predicted octanol–water partition coefficient (Wildman–Crippen LogP) is 3.82. The van der Waals surface area contributed by atoms with Crippen LogP contribution in [0.2, 0.25) is 5.02 Å². The van der Waals surface area contributed by atoms with Crippen molar-refractivity contribution in [1.82, 2.24) is 0 Å². The molecular formula is C19H17ClN2O3S. The van der Waals surface area contributed by atoms with E-state index in [1.54, 1.807) is 30.2 Å². The summed E-state index contributed by atoms with van der Waals surface area (Å²) in [4.78, 5) is 19.2. The number of nitrogens with zero attached hydrogens (tertiary/aromatic N) is 2. The molecule has 5 nitrogen and oxygen atoms in total. The Balaban J connectivity index is 1.88. The quantitative estimate of drug-likeness (QED) is 0.791. The molecule has 0 aromatic heterocycles. The summed E-state index contributed by atoms with van der Waals surface area (Å²) < 4.78 is 5.34. The summed E-state index contributed by atoms with van der Waals surface area (Å²) in [6, 6.07) is 14.7. The van der Waals surface area contributed by atoms with Crippen molar-refractivity contribution in [3.63, 3.8) is 0 Å². The highest BCUT2D eigenvalue weighted by atomic mass is 35.5. The Morgan fingerprint density at radius 1 is 1.27 bits per heavy atom. The average molecular weight is 389 g/mol. The van der Waals surface area contributed by atoms with Crippen LogP contribution in [0.5, 0.6) is 5.75 Å². The Labute approximate surface area is 160 Å². The van der Waals surface area contributed by atoms with Crippen LogP contribution < -0.4 is 9.64 Å². The number of carbonyl (C=O) groups excluding carboxylic acids is 1. The molecule has 0 aliphatic carbocycles. The minimum absolute atomic E-state index is 0.0816. The monoisotopic (exact) mass is 388 g/mol. The molecule has 0 atom stereocenters. The lowest BCUT2D eigenvalue weighted by molar-refractivity contribution is -0.113. The summed E-state index contributed by atoms with van der Waals surface area (Å²) in [5, 5.41) is 9.88. The van der Waals surface area contributed by atoms with E-state index >= 15 is 0 Å². The lowest BCUT2D eigenvalue weighted by Crippen LogP contribution is -2.28. The van der Waals surface area contributed by atoms with Gasteiger partial charge in [-0.25, -0.2) is 0 Å². The maximum absolute atomic E-state index is 12.8. The van der Waals surface area contributed by atoms with Crippen LogP contribution in [0.1, 0.15) is 5.56 Å². The third kappa shape index (κ3) is 3.93. The fourth-order valence-corrected chi connectivity index (χ4v) is 3.64. The molecule has 3 rings (SSSR count). The number of aliphatic imine (C=N–C) groups is 1. The standard InChI is InChI=1S/C19H17ClN2O3S/c1-21-19-22(14-5-3-2-4-6-14)18(24)17(26-19)12-13-7-8-16(15(20)11-13)25-10-9-23/h2-8,11-12,23H,9-10H2,1H3/b17-12-,21-19?. The predicted molar refractivity (Wildman–Crippen MR) is 107 cm³/mol. The van der Waals surface area contributed by atoms with E-state index in [2.05, 4.69) is 4.99 Å². The van der Waals surface area contributed by atoms with E-state index in [0.717, 1.165) is 11.3 Å². The molecule has 7 heteroatoms. The van der Waals surface area contributed by atoms with Crippen LogP contribution in [0.15, 0.2) is 58.4 Å². The highest BCUT2D eigenvalue weighted by molar-refractivity contribution is 8.19. The first-order valence-electron chi connectivity index (χ1n) is 7.93. The van der Waals surface area contributed by atoms with Gasteiger partial charge in [-0.2, -0.15) is 0 Å². The van der Waals surface area contributed by atoms with Crippen molar-refractivity contribution in [1.29, 1.82) is 0 Å². The summed E-state index contributed by atoms with van der Waals surface area (Å²) in [5.41, 5.74) is 1.56. The summed E-state index contributed by atoms with van der Waals surface area (Å²) in [5.74, 6) is 0.369. The van der Waals surface area contributed by atoms with Crippen LogP contribution in [0.4, 0.5) is 5.69 Å². The third-order valence-electron chi connectivity index (χ3n) is 3.61. The fraction of sp³-hybridized carbons (Fsp3) is 0.158. The Hall–Kier alpha value is -2.28. The lowest BCUT2D eigenvalue weighted by Gasteiger charge is -2.14.